The summed E-state index contributed by atoms with van der Waals surface area (Å²) in [5.41, 5.74) is 2.71. The van der Waals surface area contributed by atoms with Gasteiger partial charge in [0.2, 0.25) is 0 Å². The first-order chi connectivity index (χ1) is 10.6. The molecule has 0 aliphatic heterocycles. The Morgan fingerprint density at radius 1 is 1.18 bits per heavy atom. The Kier molecular flexibility index (Phi) is 4.50. The van der Waals surface area contributed by atoms with Gasteiger partial charge in [-0.3, -0.25) is 4.21 Å². The number of rotatable bonds is 5. The maximum Gasteiger partial charge on any atom is 0.134 e. The molecule has 5 heteroatoms. The molecule has 22 heavy (non-hydrogen) atoms. The van der Waals surface area contributed by atoms with Gasteiger partial charge in [0.25, 0.3) is 0 Å². The highest BCUT2D eigenvalue weighted by atomic mass is 35.5. The van der Waals surface area contributed by atoms with Crippen LogP contribution in [0, 0.1) is 0 Å². The van der Waals surface area contributed by atoms with Crippen LogP contribution >= 0.6 is 11.6 Å². The highest BCUT2D eigenvalue weighted by Gasteiger charge is 2.06. The van der Waals surface area contributed by atoms with Crippen molar-refractivity contribution < 1.29 is 8.63 Å². The molecule has 0 aliphatic rings. The standard InChI is InChI=1S/C17H16ClNO2S/c1-22(20)11-13-8-14(6-7-16(13)18)19-10-15-9-12-4-2-3-5-17(12)21-15/h2-9,19H,10-11H2,1H3. The number of para-hydroxylation sites is 1. The van der Waals surface area contributed by atoms with E-state index in [0.29, 0.717) is 17.3 Å². The molecule has 3 rings (SSSR count). The lowest BCUT2D eigenvalue weighted by Gasteiger charge is -2.08. The number of hydrogen-bond acceptors (Lipinski definition) is 3. The minimum Gasteiger partial charge on any atom is -0.459 e. The molecule has 0 spiro atoms. The number of benzene rings is 2. The molecule has 0 amide bonds. The summed E-state index contributed by atoms with van der Waals surface area (Å²) in [5, 5.41) is 5.05. The van der Waals surface area contributed by atoms with Gasteiger partial charge in [0.05, 0.1) is 6.54 Å². The number of furan rings is 1. The van der Waals surface area contributed by atoms with E-state index in [4.69, 9.17) is 16.0 Å². The molecule has 0 fully saturated rings. The largest absolute Gasteiger partial charge is 0.459 e. The van der Waals surface area contributed by atoms with Crippen LogP contribution < -0.4 is 5.32 Å². The van der Waals surface area contributed by atoms with Crippen molar-refractivity contribution in [1.82, 2.24) is 0 Å². The van der Waals surface area contributed by atoms with Crippen molar-refractivity contribution in [3.63, 3.8) is 0 Å². The second-order valence-corrected chi connectivity index (χ2v) is 6.97. The summed E-state index contributed by atoms with van der Waals surface area (Å²) in [7, 11) is -0.916. The zero-order valence-corrected chi connectivity index (χ0v) is 13.7. The van der Waals surface area contributed by atoms with Gasteiger partial charge in [-0.25, -0.2) is 0 Å². The quantitative estimate of drug-likeness (QED) is 0.743. The predicted octanol–water partition coefficient (Wildman–Crippen LogP) is 4.58. The molecule has 2 aromatic carbocycles. The fraction of sp³-hybridized carbons (Fsp3) is 0.176. The number of nitrogens with one attached hydrogen (secondary N) is 1. The molecule has 0 saturated heterocycles. The summed E-state index contributed by atoms with van der Waals surface area (Å²) in [6.45, 7) is 0.588. The van der Waals surface area contributed by atoms with Crippen LogP contribution in [0.3, 0.4) is 0 Å². The summed E-state index contributed by atoms with van der Waals surface area (Å²) >= 11 is 6.13. The lowest BCUT2D eigenvalue weighted by Crippen LogP contribution is -2.00. The van der Waals surface area contributed by atoms with E-state index in [2.05, 4.69) is 5.32 Å². The summed E-state index contributed by atoms with van der Waals surface area (Å²) in [5.74, 6) is 1.33. The molecular weight excluding hydrogens is 318 g/mol. The lowest BCUT2D eigenvalue weighted by molar-refractivity contribution is 0.559. The molecule has 3 nitrogen and oxygen atoms in total. The van der Waals surface area contributed by atoms with Crippen LogP contribution in [0.25, 0.3) is 11.0 Å². The molecule has 1 heterocycles. The number of anilines is 1. The van der Waals surface area contributed by atoms with E-state index in [1.807, 2.05) is 48.5 Å². The Morgan fingerprint density at radius 3 is 2.77 bits per heavy atom. The number of hydrogen-bond donors (Lipinski definition) is 1. The van der Waals surface area contributed by atoms with Gasteiger partial charge in [-0.2, -0.15) is 0 Å². The predicted molar refractivity (Wildman–Crippen MR) is 92.8 cm³/mol. The first-order valence-corrected chi connectivity index (χ1v) is 9.02. The van der Waals surface area contributed by atoms with Crippen LogP contribution in [0.2, 0.25) is 5.02 Å². The van der Waals surface area contributed by atoms with Gasteiger partial charge in [-0.15, -0.1) is 0 Å². The first-order valence-electron chi connectivity index (χ1n) is 6.91. The van der Waals surface area contributed by atoms with E-state index in [9.17, 15) is 4.21 Å². The van der Waals surface area contributed by atoms with Crippen LogP contribution in [0.1, 0.15) is 11.3 Å². The van der Waals surface area contributed by atoms with Crippen molar-refractivity contribution in [1.29, 1.82) is 0 Å². The van der Waals surface area contributed by atoms with Gasteiger partial charge in [0.1, 0.15) is 11.3 Å². The highest BCUT2D eigenvalue weighted by Crippen LogP contribution is 2.23. The average Bonchev–Trinajstić information content (AvgIpc) is 2.90. The minimum atomic E-state index is -0.916. The summed E-state index contributed by atoms with van der Waals surface area (Å²) < 4.78 is 17.1. The molecule has 3 aromatic rings. The van der Waals surface area contributed by atoms with Gasteiger partial charge < -0.3 is 9.73 Å². The number of fused-ring (bicyclic) bond motifs is 1. The van der Waals surface area contributed by atoms with Gasteiger partial charge in [-0.05, 0) is 35.9 Å². The van der Waals surface area contributed by atoms with Crippen molar-refractivity contribution in [2.24, 2.45) is 0 Å². The van der Waals surface area contributed by atoms with E-state index in [1.54, 1.807) is 6.26 Å². The Morgan fingerprint density at radius 2 is 2.00 bits per heavy atom. The summed E-state index contributed by atoms with van der Waals surface area (Å²) in [6.07, 6.45) is 1.67. The minimum absolute atomic E-state index is 0.457. The van der Waals surface area contributed by atoms with E-state index < -0.39 is 10.8 Å². The Bertz CT molecular complexity index is 795. The second-order valence-electron chi connectivity index (χ2n) is 5.13. The summed E-state index contributed by atoms with van der Waals surface area (Å²) in [4.78, 5) is 0. The average molecular weight is 334 g/mol. The maximum absolute atomic E-state index is 11.4. The molecule has 0 aliphatic carbocycles. The van der Waals surface area contributed by atoms with Crippen LogP contribution in [0.5, 0.6) is 0 Å². The van der Waals surface area contributed by atoms with Gasteiger partial charge in [-0.1, -0.05) is 29.8 Å². The zero-order valence-electron chi connectivity index (χ0n) is 12.1. The maximum atomic E-state index is 11.4. The Hall–Kier alpha value is -1.78. The van der Waals surface area contributed by atoms with E-state index in [1.165, 1.54) is 0 Å². The molecule has 1 atom stereocenters. The van der Waals surface area contributed by atoms with Crippen molar-refractivity contribution in [3.8, 4) is 0 Å². The highest BCUT2D eigenvalue weighted by molar-refractivity contribution is 7.83. The fourth-order valence-electron chi connectivity index (χ4n) is 2.33. The van der Waals surface area contributed by atoms with Crippen molar-refractivity contribution in [2.45, 2.75) is 12.3 Å². The molecule has 1 N–H and O–H groups in total. The lowest BCUT2D eigenvalue weighted by atomic mass is 10.2. The van der Waals surface area contributed by atoms with Gasteiger partial charge in [0, 0.05) is 38.9 Å². The van der Waals surface area contributed by atoms with Crippen molar-refractivity contribution in [3.05, 3.63) is 64.9 Å². The number of halogens is 1. The third-order valence-corrected chi connectivity index (χ3v) is 4.43. The monoisotopic (exact) mass is 333 g/mol. The molecule has 0 radical (unpaired) electrons. The molecular formula is C17H16ClNO2S. The molecule has 0 saturated carbocycles. The Labute approximate surface area is 136 Å². The van der Waals surface area contributed by atoms with E-state index in [-0.39, 0.29) is 0 Å². The molecule has 1 aromatic heterocycles. The normalized spacial score (nSPS) is 12.5. The van der Waals surface area contributed by atoms with E-state index >= 15 is 0 Å². The third-order valence-electron chi connectivity index (χ3n) is 3.35. The SMILES string of the molecule is CS(=O)Cc1cc(NCc2cc3ccccc3o2)ccc1Cl. The van der Waals surface area contributed by atoms with Gasteiger partial charge in [0.15, 0.2) is 0 Å². The van der Waals surface area contributed by atoms with Crippen LogP contribution in [0.4, 0.5) is 5.69 Å². The van der Waals surface area contributed by atoms with Gasteiger partial charge >= 0.3 is 0 Å². The van der Waals surface area contributed by atoms with Crippen molar-refractivity contribution in [2.75, 3.05) is 11.6 Å². The molecule has 114 valence electrons. The van der Waals surface area contributed by atoms with Crippen LogP contribution in [-0.4, -0.2) is 10.5 Å². The summed E-state index contributed by atoms with van der Waals surface area (Å²) in [6, 6.07) is 15.6. The first kappa shape index (κ1) is 15.1. The topological polar surface area (TPSA) is 42.2 Å². The smallest absolute Gasteiger partial charge is 0.134 e. The van der Waals surface area contributed by atoms with E-state index in [0.717, 1.165) is 28.0 Å². The zero-order chi connectivity index (χ0) is 15.5. The van der Waals surface area contributed by atoms with Crippen molar-refractivity contribution >= 4 is 39.1 Å². The second kappa shape index (κ2) is 6.55. The Balaban J connectivity index is 1.74. The molecule has 1 unspecified atom stereocenters. The fourth-order valence-corrected chi connectivity index (χ4v) is 3.27. The van der Waals surface area contributed by atoms with Crippen LogP contribution in [0.15, 0.2) is 52.9 Å². The molecule has 0 bridgehead atoms. The van der Waals surface area contributed by atoms with Crippen LogP contribution in [-0.2, 0) is 23.1 Å². The third kappa shape index (κ3) is 3.51.